The highest BCUT2D eigenvalue weighted by atomic mass is 19.1. The van der Waals surface area contributed by atoms with E-state index in [9.17, 15) is 19.2 Å². The minimum atomic E-state index is -0.733. The lowest BCUT2D eigenvalue weighted by Gasteiger charge is -2.41. The van der Waals surface area contributed by atoms with Gasteiger partial charge in [-0.25, -0.2) is 4.39 Å². The van der Waals surface area contributed by atoms with E-state index in [1.807, 2.05) is 9.80 Å². The molecule has 3 aliphatic heterocycles. The van der Waals surface area contributed by atoms with Crippen LogP contribution in [0, 0.1) is 29.0 Å². The van der Waals surface area contributed by atoms with E-state index in [0.29, 0.717) is 19.0 Å². The van der Waals surface area contributed by atoms with Crippen LogP contribution in [0.15, 0.2) is 24.3 Å². The van der Waals surface area contributed by atoms with E-state index in [2.05, 4.69) is 19.9 Å². The fraction of sp³-hybridized carbons (Fsp3) is 0.625. The van der Waals surface area contributed by atoms with Gasteiger partial charge in [-0.15, -0.1) is 0 Å². The third-order valence-corrected chi connectivity index (χ3v) is 7.71. The Balaban J connectivity index is 1.27. The molecule has 1 aromatic rings. The summed E-state index contributed by atoms with van der Waals surface area (Å²) in [5.41, 5.74) is 7.24. The van der Waals surface area contributed by atoms with Gasteiger partial charge >= 0.3 is 0 Å². The smallest absolute Gasteiger partial charge is 0.242 e. The summed E-state index contributed by atoms with van der Waals surface area (Å²) in [7, 11) is 0. The Morgan fingerprint density at radius 2 is 1.97 bits per heavy atom. The second-order valence-corrected chi connectivity index (χ2v) is 10.1. The van der Waals surface area contributed by atoms with Crippen LogP contribution in [-0.4, -0.2) is 69.8 Å². The molecule has 7 atom stereocenters. The molecule has 1 aromatic carbocycles. The first kappa shape index (κ1) is 21.4. The molecular weight excluding hydrogens is 409 g/mol. The second-order valence-electron chi connectivity index (χ2n) is 10.1. The largest absolute Gasteiger partial charge is 0.330 e. The third kappa shape index (κ3) is 3.39. The summed E-state index contributed by atoms with van der Waals surface area (Å²) in [6.07, 6.45) is 2.44. The molecule has 5 rings (SSSR count). The predicted molar refractivity (Wildman–Crippen MR) is 115 cm³/mol. The summed E-state index contributed by atoms with van der Waals surface area (Å²) in [4.78, 5) is 32.1. The standard InChI is InChI=1S/C24H30FN5O2/c1-13(2)22(14-3-5-16(25)6-4-14)30-18-9-21(24(30)32)28(11-18)12-19(27)23(31)29-17(10-26)7-15-8-20(15)29/h3-6,13,15,17-22H,7-9,11-12,27H2,1-2H3/t15?,17-,18-,19-,20-,21-,22+/m0/s1. The Bertz CT molecular complexity index is 960. The van der Waals surface area contributed by atoms with E-state index in [-0.39, 0.29) is 53.8 Å². The van der Waals surface area contributed by atoms with Crippen LogP contribution < -0.4 is 5.73 Å². The van der Waals surface area contributed by atoms with Crippen molar-refractivity contribution in [3.8, 4) is 6.07 Å². The maximum atomic E-state index is 13.4. The van der Waals surface area contributed by atoms with E-state index in [1.54, 1.807) is 17.0 Å². The van der Waals surface area contributed by atoms with Crippen molar-refractivity contribution < 1.29 is 14.0 Å². The minimum absolute atomic E-state index is 0.0544. The number of benzene rings is 1. The Labute approximate surface area is 187 Å². The molecule has 0 radical (unpaired) electrons. The van der Waals surface area contributed by atoms with Gasteiger partial charge in [-0.05, 0) is 48.8 Å². The van der Waals surface area contributed by atoms with Crippen LogP contribution in [0.1, 0.15) is 44.7 Å². The lowest BCUT2D eigenvalue weighted by atomic mass is 9.93. The van der Waals surface area contributed by atoms with Crippen molar-refractivity contribution in [1.82, 2.24) is 14.7 Å². The van der Waals surface area contributed by atoms with Gasteiger partial charge in [-0.1, -0.05) is 26.0 Å². The summed E-state index contributed by atoms with van der Waals surface area (Å²) in [6.45, 7) is 5.16. The Kier molecular flexibility index (Phi) is 5.22. The van der Waals surface area contributed by atoms with Crippen molar-refractivity contribution in [2.24, 2.45) is 17.6 Å². The van der Waals surface area contributed by atoms with Crippen molar-refractivity contribution in [2.45, 2.75) is 69.4 Å². The molecule has 4 aliphatic rings. The summed E-state index contributed by atoms with van der Waals surface area (Å²) >= 11 is 0. The van der Waals surface area contributed by atoms with Gasteiger partial charge in [0.05, 0.1) is 24.2 Å². The first-order chi connectivity index (χ1) is 15.3. The normalized spacial score (nSPS) is 32.9. The van der Waals surface area contributed by atoms with Crippen LogP contribution in [0.4, 0.5) is 4.39 Å². The average Bonchev–Trinajstić information content (AvgIpc) is 3.10. The molecule has 170 valence electrons. The second kappa shape index (κ2) is 7.82. The summed E-state index contributed by atoms with van der Waals surface area (Å²) < 4.78 is 13.4. The molecule has 2 N–H and O–H groups in total. The van der Waals surface area contributed by atoms with E-state index in [4.69, 9.17) is 5.73 Å². The van der Waals surface area contributed by atoms with Gasteiger partial charge in [0.15, 0.2) is 0 Å². The average molecular weight is 440 g/mol. The van der Waals surface area contributed by atoms with Crippen LogP contribution in [-0.2, 0) is 9.59 Å². The highest BCUT2D eigenvalue weighted by molar-refractivity contribution is 5.87. The van der Waals surface area contributed by atoms with Crippen LogP contribution in [0.2, 0.25) is 0 Å². The van der Waals surface area contributed by atoms with E-state index in [0.717, 1.165) is 24.8 Å². The maximum absolute atomic E-state index is 13.4. The molecule has 2 amide bonds. The van der Waals surface area contributed by atoms with Gasteiger partial charge in [0.2, 0.25) is 11.8 Å². The highest BCUT2D eigenvalue weighted by Crippen LogP contribution is 2.48. The molecule has 1 saturated carbocycles. The molecule has 4 fully saturated rings. The number of rotatable bonds is 6. The van der Waals surface area contributed by atoms with Crippen molar-refractivity contribution >= 4 is 11.8 Å². The predicted octanol–water partition coefficient (Wildman–Crippen LogP) is 1.65. The first-order valence-corrected chi connectivity index (χ1v) is 11.6. The van der Waals surface area contributed by atoms with Crippen molar-refractivity contribution in [1.29, 1.82) is 5.26 Å². The lowest BCUT2D eigenvalue weighted by Crippen LogP contribution is -2.57. The van der Waals surface area contributed by atoms with E-state index in [1.165, 1.54) is 12.1 Å². The summed E-state index contributed by atoms with van der Waals surface area (Å²) in [5.74, 6) is 0.241. The minimum Gasteiger partial charge on any atom is -0.330 e. The Hall–Kier alpha value is -2.50. The van der Waals surface area contributed by atoms with Crippen LogP contribution >= 0.6 is 0 Å². The SMILES string of the molecule is CC(C)[C@H](c1ccc(F)cc1)N1C(=O)[C@@H]2C[C@H]1CN2C[C@H](N)C(=O)N1[C@H](C#N)CC2C[C@@H]21. The number of carbonyl (C=O) groups excluding carboxylic acids is 2. The summed E-state index contributed by atoms with van der Waals surface area (Å²) in [6, 6.07) is 7.39. The lowest BCUT2D eigenvalue weighted by molar-refractivity contribution is -0.142. The molecule has 1 aliphatic carbocycles. The molecule has 3 saturated heterocycles. The molecule has 32 heavy (non-hydrogen) atoms. The number of nitriles is 1. The number of likely N-dealkylation sites (tertiary alicyclic amines) is 3. The van der Waals surface area contributed by atoms with Crippen molar-refractivity contribution in [2.75, 3.05) is 13.1 Å². The zero-order chi connectivity index (χ0) is 22.7. The molecule has 8 heteroatoms. The number of halogens is 1. The quantitative estimate of drug-likeness (QED) is 0.728. The van der Waals surface area contributed by atoms with Gasteiger partial charge in [0.25, 0.3) is 0 Å². The number of piperazine rings is 1. The Morgan fingerprint density at radius 1 is 1.25 bits per heavy atom. The van der Waals surface area contributed by atoms with Crippen molar-refractivity contribution in [3.63, 3.8) is 0 Å². The van der Waals surface area contributed by atoms with Gasteiger partial charge < -0.3 is 15.5 Å². The number of hydrogen-bond acceptors (Lipinski definition) is 5. The number of carbonyl (C=O) groups is 2. The zero-order valence-corrected chi connectivity index (χ0v) is 18.5. The Morgan fingerprint density at radius 3 is 2.59 bits per heavy atom. The van der Waals surface area contributed by atoms with E-state index >= 15 is 0 Å². The number of nitrogens with zero attached hydrogens (tertiary/aromatic N) is 4. The molecule has 3 heterocycles. The summed E-state index contributed by atoms with van der Waals surface area (Å²) in [5, 5.41) is 9.38. The zero-order valence-electron chi connectivity index (χ0n) is 18.5. The van der Waals surface area contributed by atoms with Gasteiger partial charge in [-0.2, -0.15) is 5.26 Å². The third-order valence-electron chi connectivity index (χ3n) is 7.71. The van der Waals surface area contributed by atoms with Gasteiger partial charge in [0, 0.05) is 25.2 Å². The molecule has 0 aromatic heterocycles. The van der Waals surface area contributed by atoms with Crippen LogP contribution in [0.3, 0.4) is 0 Å². The van der Waals surface area contributed by atoms with Gasteiger partial charge in [-0.3, -0.25) is 14.5 Å². The topological polar surface area (TPSA) is 93.7 Å². The molecule has 7 nitrogen and oxygen atoms in total. The molecule has 1 unspecified atom stereocenters. The molecule has 0 spiro atoms. The number of fused-ring (bicyclic) bond motifs is 3. The highest BCUT2D eigenvalue weighted by Gasteiger charge is 2.56. The number of amides is 2. The maximum Gasteiger partial charge on any atom is 0.242 e. The van der Waals surface area contributed by atoms with Crippen LogP contribution in [0.25, 0.3) is 0 Å². The van der Waals surface area contributed by atoms with Gasteiger partial charge in [0.1, 0.15) is 11.9 Å². The number of nitrogens with two attached hydrogens (primary N) is 1. The fourth-order valence-electron chi connectivity index (χ4n) is 6.19. The number of piperidine rings is 1. The molecule has 2 bridgehead atoms. The van der Waals surface area contributed by atoms with E-state index < -0.39 is 6.04 Å². The van der Waals surface area contributed by atoms with Crippen molar-refractivity contribution in [3.05, 3.63) is 35.6 Å². The number of hydrogen-bond donors (Lipinski definition) is 1. The fourth-order valence-corrected chi connectivity index (χ4v) is 6.19. The monoisotopic (exact) mass is 439 g/mol. The first-order valence-electron chi connectivity index (χ1n) is 11.6. The van der Waals surface area contributed by atoms with Crippen LogP contribution in [0.5, 0.6) is 0 Å². The molecular formula is C24H30FN5O2.